The highest BCUT2D eigenvalue weighted by atomic mass is 16.5. The molecule has 0 unspecified atom stereocenters. The summed E-state index contributed by atoms with van der Waals surface area (Å²) in [4.78, 5) is 12.9. The third-order valence-electron chi connectivity index (χ3n) is 7.77. The van der Waals surface area contributed by atoms with E-state index in [-0.39, 0.29) is 16.9 Å². The summed E-state index contributed by atoms with van der Waals surface area (Å²) in [6.45, 7) is 4.27. The summed E-state index contributed by atoms with van der Waals surface area (Å²) in [5.74, 6) is 3.41. The van der Waals surface area contributed by atoms with Gasteiger partial charge in [-0.05, 0) is 73.8 Å². The van der Waals surface area contributed by atoms with E-state index in [4.69, 9.17) is 9.47 Å². The van der Waals surface area contributed by atoms with Crippen molar-refractivity contribution in [1.29, 1.82) is 0 Å². The Labute approximate surface area is 149 Å². The van der Waals surface area contributed by atoms with Crippen LogP contribution in [0.3, 0.4) is 0 Å². The van der Waals surface area contributed by atoms with E-state index in [1.165, 1.54) is 11.1 Å². The summed E-state index contributed by atoms with van der Waals surface area (Å²) in [6, 6.07) is 6.57. The van der Waals surface area contributed by atoms with E-state index >= 15 is 0 Å². The molecule has 0 radical (unpaired) electrons. The van der Waals surface area contributed by atoms with E-state index in [0.717, 1.165) is 37.2 Å². The summed E-state index contributed by atoms with van der Waals surface area (Å²) in [5, 5.41) is 0. The van der Waals surface area contributed by atoms with E-state index in [1.807, 2.05) is 0 Å². The topological polar surface area (TPSA) is 35.5 Å². The predicted molar refractivity (Wildman–Crippen MR) is 95.6 cm³/mol. The molecule has 2 fully saturated rings. The van der Waals surface area contributed by atoms with Crippen LogP contribution in [0.5, 0.6) is 5.75 Å². The smallest absolute Gasteiger partial charge is 0.143 e. The number of aryl methyl sites for hydroxylation is 1. The molecule has 0 bridgehead atoms. The highest BCUT2D eigenvalue weighted by Crippen LogP contribution is 2.70. The number of carbonyl (C=O) groups excluding carboxylic acids is 1. The Hall–Kier alpha value is -1.77. The highest BCUT2D eigenvalue weighted by molar-refractivity contribution is 5.90. The van der Waals surface area contributed by atoms with Crippen LogP contribution in [0.2, 0.25) is 0 Å². The molecule has 1 aliphatic heterocycles. The van der Waals surface area contributed by atoms with Crippen molar-refractivity contribution in [2.45, 2.75) is 58.0 Å². The monoisotopic (exact) mass is 338 g/mol. The van der Waals surface area contributed by atoms with Crippen molar-refractivity contribution >= 4 is 5.78 Å². The van der Waals surface area contributed by atoms with Crippen LogP contribution in [-0.4, -0.2) is 19.0 Å². The number of ketones is 1. The molecule has 132 valence electrons. The fraction of sp³-hybridized carbons (Fsp3) is 0.591. The number of fused-ring (bicyclic) bond motifs is 3. The van der Waals surface area contributed by atoms with Gasteiger partial charge in [0, 0.05) is 17.3 Å². The van der Waals surface area contributed by atoms with Crippen LogP contribution in [-0.2, 0) is 16.0 Å². The number of ether oxygens (including phenoxy) is 2. The molecule has 3 heteroatoms. The van der Waals surface area contributed by atoms with Gasteiger partial charge in [0.15, 0.2) is 0 Å². The largest absolute Gasteiger partial charge is 0.497 e. The number of hydrogen-bond donors (Lipinski definition) is 0. The number of Topliss-reactive ketones (excluding diaryl/α,β-unsaturated/α-hetero) is 1. The zero-order chi connectivity index (χ0) is 17.4. The third-order valence-corrected chi connectivity index (χ3v) is 7.77. The second-order valence-electron chi connectivity index (χ2n) is 8.61. The average molecular weight is 338 g/mol. The number of allylic oxidation sites excluding steroid dienone is 1. The van der Waals surface area contributed by atoms with Gasteiger partial charge in [-0.25, -0.2) is 0 Å². The molecule has 1 spiro atoms. The molecule has 1 aromatic carbocycles. The summed E-state index contributed by atoms with van der Waals surface area (Å²) < 4.78 is 11.6. The maximum absolute atomic E-state index is 12.9. The molecule has 0 amide bonds. The van der Waals surface area contributed by atoms with Crippen LogP contribution in [0.25, 0.3) is 0 Å². The van der Waals surface area contributed by atoms with Crippen molar-refractivity contribution in [3.63, 3.8) is 0 Å². The SMILES string of the molecule is COc1ccc2c(c1)CC[C@@H]1[C@@H]2CC[C@]2(C)C(=O)C[C@H]3OC(C)=C[C@]132. The van der Waals surface area contributed by atoms with Crippen LogP contribution in [0.4, 0.5) is 0 Å². The molecule has 4 aliphatic rings. The molecule has 1 heterocycles. The van der Waals surface area contributed by atoms with Crippen LogP contribution >= 0.6 is 0 Å². The highest BCUT2D eigenvalue weighted by Gasteiger charge is 2.70. The zero-order valence-electron chi connectivity index (χ0n) is 15.3. The first-order valence-electron chi connectivity index (χ1n) is 9.56. The lowest BCUT2D eigenvalue weighted by molar-refractivity contribution is -0.133. The number of hydrogen-bond acceptors (Lipinski definition) is 3. The first-order chi connectivity index (χ1) is 12.0. The van der Waals surface area contributed by atoms with Crippen LogP contribution < -0.4 is 4.74 Å². The first kappa shape index (κ1) is 15.5. The number of rotatable bonds is 1. The van der Waals surface area contributed by atoms with E-state index in [0.29, 0.717) is 24.0 Å². The molecule has 0 aromatic heterocycles. The van der Waals surface area contributed by atoms with Crippen molar-refractivity contribution in [2.75, 3.05) is 7.11 Å². The van der Waals surface area contributed by atoms with Gasteiger partial charge in [-0.1, -0.05) is 13.0 Å². The van der Waals surface area contributed by atoms with Gasteiger partial charge in [-0.3, -0.25) is 4.79 Å². The normalized spacial score (nSPS) is 41.2. The second-order valence-corrected chi connectivity index (χ2v) is 8.61. The molecule has 0 saturated heterocycles. The molecule has 2 saturated carbocycles. The van der Waals surface area contributed by atoms with E-state index < -0.39 is 0 Å². The fourth-order valence-corrected chi connectivity index (χ4v) is 6.65. The van der Waals surface area contributed by atoms with Crippen molar-refractivity contribution in [3.8, 4) is 5.75 Å². The minimum Gasteiger partial charge on any atom is -0.497 e. The Kier molecular flexibility index (Phi) is 3.03. The van der Waals surface area contributed by atoms with Crippen LogP contribution in [0.15, 0.2) is 30.0 Å². The molecular formula is C22H26O3. The summed E-state index contributed by atoms with van der Waals surface area (Å²) in [6.07, 6.45) is 7.26. The molecule has 3 aliphatic carbocycles. The Morgan fingerprint density at radius 3 is 2.92 bits per heavy atom. The zero-order valence-corrected chi connectivity index (χ0v) is 15.3. The van der Waals surface area contributed by atoms with Gasteiger partial charge < -0.3 is 9.47 Å². The van der Waals surface area contributed by atoms with E-state index in [2.05, 4.69) is 38.1 Å². The minimum absolute atomic E-state index is 0.0533. The van der Waals surface area contributed by atoms with Gasteiger partial charge in [-0.15, -0.1) is 0 Å². The molecule has 1 aromatic rings. The second kappa shape index (κ2) is 4.90. The van der Waals surface area contributed by atoms with Gasteiger partial charge in [0.05, 0.1) is 12.9 Å². The maximum atomic E-state index is 12.9. The molecule has 5 rings (SSSR count). The lowest BCUT2D eigenvalue weighted by Gasteiger charge is -2.55. The molecule has 5 atom stereocenters. The van der Waals surface area contributed by atoms with Gasteiger partial charge in [-0.2, -0.15) is 0 Å². The minimum atomic E-state index is -0.249. The quantitative estimate of drug-likeness (QED) is 0.761. The van der Waals surface area contributed by atoms with Crippen molar-refractivity contribution < 1.29 is 14.3 Å². The lowest BCUT2D eigenvalue weighted by atomic mass is 9.47. The maximum Gasteiger partial charge on any atom is 0.143 e. The lowest BCUT2D eigenvalue weighted by Crippen LogP contribution is -2.53. The molecule has 3 nitrogen and oxygen atoms in total. The Morgan fingerprint density at radius 1 is 1.28 bits per heavy atom. The number of carbonyl (C=O) groups is 1. The third kappa shape index (κ3) is 1.74. The van der Waals surface area contributed by atoms with Crippen molar-refractivity contribution in [1.82, 2.24) is 0 Å². The van der Waals surface area contributed by atoms with Crippen molar-refractivity contribution in [3.05, 3.63) is 41.2 Å². The van der Waals surface area contributed by atoms with Crippen LogP contribution in [0.1, 0.15) is 56.6 Å². The Bertz CT molecular complexity index is 794. The molecule has 0 N–H and O–H groups in total. The van der Waals surface area contributed by atoms with Gasteiger partial charge in [0.1, 0.15) is 17.6 Å². The Balaban J connectivity index is 1.64. The van der Waals surface area contributed by atoms with E-state index in [1.54, 1.807) is 7.11 Å². The summed E-state index contributed by atoms with van der Waals surface area (Å²) in [7, 11) is 1.73. The first-order valence-corrected chi connectivity index (χ1v) is 9.56. The Morgan fingerprint density at radius 2 is 2.12 bits per heavy atom. The molecule has 25 heavy (non-hydrogen) atoms. The van der Waals surface area contributed by atoms with Gasteiger partial charge in [0.25, 0.3) is 0 Å². The average Bonchev–Trinajstić information content (AvgIpc) is 3.03. The summed E-state index contributed by atoms with van der Waals surface area (Å²) >= 11 is 0. The van der Waals surface area contributed by atoms with Crippen LogP contribution in [0, 0.1) is 16.7 Å². The van der Waals surface area contributed by atoms with Gasteiger partial charge in [0.2, 0.25) is 0 Å². The van der Waals surface area contributed by atoms with E-state index in [9.17, 15) is 4.79 Å². The van der Waals surface area contributed by atoms with Gasteiger partial charge >= 0.3 is 0 Å². The summed E-state index contributed by atoms with van der Waals surface area (Å²) in [5.41, 5.74) is 2.56. The number of benzene rings is 1. The standard InChI is InChI=1S/C22H26O3/c1-13-12-22-18-7-4-14-10-15(24-3)5-6-16(14)17(18)8-9-21(22,2)19(23)11-20(22)25-13/h5-6,10,12,17-18,20H,4,7-9,11H2,1-3H3/t17-,18-,20-,21-,22+/m1/s1. The number of methoxy groups -OCH3 is 1. The predicted octanol–water partition coefficient (Wildman–Crippen LogP) is 4.40. The molecular weight excluding hydrogens is 312 g/mol. The van der Waals surface area contributed by atoms with Crippen molar-refractivity contribution in [2.24, 2.45) is 16.7 Å². The fourth-order valence-electron chi connectivity index (χ4n) is 6.65.